The fourth-order valence-corrected chi connectivity index (χ4v) is 6.81. The summed E-state index contributed by atoms with van der Waals surface area (Å²) in [6.07, 6.45) is 0.191. The normalized spacial score (nSPS) is 11.9. The highest BCUT2D eigenvalue weighted by Crippen LogP contribution is 2.31. The SMILES string of the molecule is CCNC(=O)[C@H](Cc1ccccc1)N(Cc1ccccc1Cl)C(=O)CN(c1cc(Cl)cc(Cl)c1)S(=O)(=O)c1ccc(C)cc1. The minimum Gasteiger partial charge on any atom is -0.355 e. The number of nitrogens with one attached hydrogen (secondary N) is 1. The monoisotopic (exact) mass is 671 g/mol. The number of carbonyl (C=O) groups excluding carboxylic acids is 2. The molecular weight excluding hydrogens is 641 g/mol. The van der Waals surface area contributed by atoms with E-state index in [-0.39, 0.29) is 39.5 Å². The number of benzene rings is 4. The van der Waals surface area contributed by atoms with Crippen LogP contribution in [0, 0.1) is 6.92 Å². The van der Waals surface area contributed by atoms with Crippen LogP contribution < -0.4 is 9.62 Å². The molecule has 0 heterocycles. The number of anilines is 1. The van der Waals surface area contributed by atoms with E-state index >= 15 is 0 Å². The standard InChI is InChI=1S/C33H32Cl3N3O4S/c1-3-37-33(41)31(17-24-9-5-4-6-10-24)38(21-25-11-7-8-12-30(25)36)32(40)22-39(28-19-26(34)18-27(35)20-28)44(42,43)29-15-13-23(2)14-16-29/h4-16,18-20,31H,3,17,21-22H2,1-2H3,(H,37,41)/t31-/m0/s1. The van der Waals surface area contributed by atoms with E-state index in [2.05, 4.69) is 5.32 Å². The van der Waals surface area contributed by atoms with Crippen molar-refractivity contribution in [2.45, 2.75) is 37.8 Å². The Morgan fingerprint density at radius 2 is 1.45 bits per heavy atom. The molecular formula is C33H32Cl3N3O4S. The van der Waals surface area contributed by atoms with Crippen LogP contribution in [0.5, 0.6) is 0 Å². The molecule has 0 saturated carbocycles. The summed E-state index contributed by atoms with van der Waals surface area (Å²) in [6.45, 7) is 3.29. The first-order chi connectivity index (χ1) is 21.0. The van der Waals surface area contributed by atoms with Crippen LogP contribution in [0.25, 0.3) is 0 Å². The zero-order valence-electron chi connectivity index (χ0n) is 24.2. The molecule has 0 unspecified atom stereocenters. The number of sulfonamides is 1. The van der Waals surface area contributed by atoms with Crippen molar-refractivity contribution >= 4 is 62.3 Å². The highest BCUT2D eigenvalue weighted by molar-refractivity contribution is 7.92. The molecule has 1 atom stereocenters. The molecule has 0 aliphatic carbocycles. The molecule has 44 heavy (non-hydrogen) atoms. The van der Waals surface area contributed by atoms with Gasteiger partial charge in [0.05, 0.1) is 10.6 Å². The molecule has 0 aromatic heterocycles. The van der Waals surface area contributed by atoms with Gasteiger partial charge in [-0.05, 0) is 61.4 Å². The maximum Gasteiger partial charge on any atom is 0.264 e. The van der Waals surface area contributed by atoms with Crippen LogP contribution in [0.1, 0.15) is 23.6 Å². The first-order valence-corrected chi connectivity index (χ1v) is 16.5. The van der Waals surface area contributed by atoms with E-state index in [1.54, 1.807) is 43.3 Å². The lowest BCUT2D eigenvalue weighted by Crippen LogP contribution is -2.53. The summed E-state index contributed by atoms with van der Waals surface area (Å²) in [5.74, 6) is -1.00. The minimum absolute atomic E-state index is 0.0192. The van der Waals surface area contributed by atoms with Gasteiger partial charge in [-0.25, -0.2) is 8.42 Å². The Labute approximate surface area is 273 Å². The highest BCUT2D eigenvalue weighted by Gasteiger charge is 2.35. The van der Waals surface area contributed by atoms with Crippen molar-refractivity contribution in [3.05, 3.63) is 129 Å². The molecule has 0 saturated heterocycles. The molecule has 7 nitrogen and oxygen atoms in total. The number of hydrogen-bond acceptors (Lipinski definition) is 4. The van der Waals surface area contributed by atoms with Gasteiger partial charge in [0.2, 0.25) is 11.8 Å². The summed E-state index contributed by atoms with van der Waals surface area (Å²) >= 11 is 19.1. The van der Waals surface area contributed by atoms with Crippen molar-refractivity contribution in [3.63, 3.8) is 0 Å². The molecule has 2 amide bonds. The van der Waals surface area contributed by atoms with Crippen molar-refractivity contribution in [3.8, 4) is 0 Å². The number of hydrogen-bond donors (Lipinski definition) is 1. The molecule has 4 aromatic rings. The third-order valence-electron chi connectivity index (χ3n) is 6.94. The molecule has 0 fully saturated rings. The Hall–Kier alpha value is -3.56. The van der Waals surface area contributed by atoms with Crippen LogP contribution >= 0.6 is 34.8 Å². The Bertz CT molecular complexity index is 1700. The number of amides is 2. The second kappa shape index (κ2) is 14.9. The smallest absolute Gasteiger partial charge is 0.264 e. The average molecular weight is 673 g/mol. The largest absolute Gasteiger partial charge is 0.355 e. The second-order valence-electron chi connectivity index (χ2n) is 10.2. The Morgan fingerprint density at radius 1 is 0.841 bits per heavy atom. The van der Waals surface area contributed by atoms with Gasteiger partial charge in [0.1, 0.15) is 12.6 Å². The minimum atomic E-state index is -4.29. The fraction of sp³-hybridized carbons (Fsp3) is 0.212. The van der Waals surface area contributed by atoms with Crippen molar-refractivity contribution in [1.29, 1.82) is 0 Å². The molecule has 0 bridgehead atoms. The highest BCUT2D eigenvalue weighted by atomic mass is 35.5. The van der Waals surface area contributed by atoms with Gasteiger partial charge in [0.25, 0.3) is 10.0 Å². The van der Waals surface area contributed by atoms with E-state index in [4.69, 9.17) is 34.8 Å². The lowest BCUT2D eigenvalue weighted by atomic mass is 10.0. The van der Waals surface area contributed by atoms with Crippen molar-refractivity contribution in [2.75, 3.05) is 17.4 Å². The van der Waals surface area contributed by atoms with Gasteiger partial charge in [-0.2, -0.15) is 0 Å². The molecule has 230 valence electrons. The van der Waals surface area contributed by atoms with Gasteiger partial charge in [-0.3, -0.25) is 13.9 Å². The van der Waals surface area contributed by atoms with Gasteiger partial charge < -0.3 is 10.2 Å². The number of carbonyl (C=O) groups is 2. The van der Waals surface area contributed by atoms with Gasteiger partial charge in [0.15, 0.2) is 0 Å². The third-order valence-corrected chi connectivity index (χ3v) is 9.54. The van der Waals surface area contributed by atoms with Crippen molar-refractivity contribution in [2.24, 2.45) is 0 Å². The average Bonchev–Trinajstić information content (AvgIpc) is 2.98. The summed E-state index contributed by atoms with van der Waals surface area (Å²) in [4.78, 5) is 29.3. The van der Waals surface area contributed by atoms with Crippen LogP contribution in [-0.2, 0) is 32.6 Å². The zero-order chi connectivity index (χ0) is 31.9. The Kier molecular flexibility index (Phi) is 11.3. The number of halogens is 3. The number of aryl methyl sites for hydroxylation is 1. The van der Waals surface area contributed by atoms with Crippen molar-refractivity contribution < 1.29 is 18.0 Å². The summed E-state index contributed by atoms with van der Waals surface area (Å²) in [5.41, 5.74) is 2.40. The van der Waals surface area contributed by atoms with Crippen LogP contribution in [-0.4, -0.2) is 44.3 Å². The summed E-state index contributed by atoms with van der Waals surface area (Å²) in [6, 6.07) is 25.9. The van der Waals surface area contributed by atoms with Gasteiger partial charge in [-0.1, -0.05) is 101 Å². The number of rotatable bonds is 12. The molecule has 4 rings (SSSR count). The van der Waals surface area contributed by atoms with E-state index in [1.807, 2.05) is 37.3 Å². The number of likely N-dealkylation sites (N-methyl/N-ethyl adjacent to an activating group) is 1. The molecule has 0 aliphatic heterocycles. The lowest BCUT2D eigenvalue weighted by Gasteiger charge is -2.34. The van der Waals surface area contributed by atoms with Gasteiger partial charge >= 0.3 is 0 Å². The topological polar surface area (TPSA) is 86.8 Å². The van der Waals surface area contributed by atoms with E-state index in [1.165, 1.54) is 35.2 Å². The van der Waals surface area contributed by atoms with Crippen LogP contribution in [0.2, 0.25) is 15.1 Å². The number of nitrogens with zero attached hydrogens (tertiary/aromatic N) is 2. The second-order valence-corrected chi connectivity index (χ2v) is 13.3. The van der Waals surface area contributed by atoms with Gasteiger partial charge in [0, 0.05) is 34.6 Å². The zero-order valence-corrected chi connectivity index (χ0v) is 27.3. The van der Waals surface area contributed by atoms with Gasteiger partial charge in [-0.15, -0.1) is 0 Å². The van der Waals surface area contributed by atoms with E-state index < -0.39 is 28.5 Å². The molecule has 0 radical (unpaired) electrons. The van der Waals surface area contributed by atoms with Crippen LogP contribution in [0.4, 0.5) is 5.69 Å². The molecule has 11 heteroatoms. The van der Waals surface area contributed by atoms with Crippen molar-refractivity contribution in [1.82, 2.24) is 10.2 Å². The quantitative estimate of drug-likeness (QED) is 0.177. The predicted molar refractivity (Wildman–Crippen MR) is 177 cm³/mol. The third kappa shape index (κ3) is 8.33. The molecule has 4 aromatic carbocycles. The Morgan fingerprint density at radius 3 is 2.07 bits per heavy atom. The first-order valence-electron chi connectivity index (χ1n) is 13.9. The Balaban J connectivity index is 1.83. The van der Waals surface area contributed by atoms with E-state index in [0.717, 1.165) is 15.4 Å². The summed E-state index contributed by atoms with van der Waals surface area (Å²) < 4.78 is 29.2. The molecule has 1 N–H and O–H groups in total. The first kappa shape index (κ1) is 33.3. The van der Waals surface area contributed by atoms with E-state index in [9.17, 15) is 18.0 Å². The molecule has 0 spiro atoms. The maximum atomic E-state index is 14.4. The lowest BCUT2D eigenvalue weighted by molar-refractivity contribution is -0.140. The predicted octanol–water partition coefficient (Wildman–Crippen LogP) is 6.93. The summed E-state index contributed by atoms with van der Waals surface area (Å²) in [7, 11) is -4.29. The fourth-order valence-electron chi connectivity index (χ4n) is 4.71. The van der Waals surface area contributed by atoms with Crippen LogP contribution in [0.3, 0.4) is 0 Å². The summed E-state index contributed by atoms with van der Waals surface area (Å²) in [5, 5.41) is 3.63. The van der Waals surface area contributed by atoms with Crippen LogP contribution in [0.15, 0.2) is 102 Å². The maximum absolute atomic E-state index is 14.4. The molecule has 0 aliphatic rings. The van der Waals surface area contributed by atoms with E-state index in [0.29, 0.717) is 17.1 Å².